The quantitative estimate of drug-likeness (QED) is 0.164. The number of benzene rings is 5. The van der Waals surface area contributed by atoms with Crippen LogP contribution < -0.4 is 0 Å². The molecule has 0 fully saturated rings. The van der Waals surface area contributed by atoms with E-state index in [0.717, 1.165) is 111 Å². The summed E-state index contributed by atoms with van der Waals surface area (Å²) in [6, 6.07) is 45.2. The molecule has 1 aliphatic heterocycles. The fraction of sp³-hybridized carbons (Fsp3) is 0.118. The molecule has 5 nitrogen and oxygen atoms in total. The van der Waals surface area contributed by atoms with Crippen LogP contribution in [-0.4, -0.2) is 25.6 Å². The number of nitrogens with zero attached hydrogens (tertiary/aromatic N) is 5. The Morgan fingerprint density at radius 2 is 1.25 bits per heavy atom. The molecule has 5 aromatic carbocycles. The molecule has 2 aromatic heterocycles. The second-order valence-corrected chi connectivity index (χ2v) is 14.6. The normalized spacial score (nSPS) is 16.0. The predicted octanol–water partition coefficient (Wildman–Crippen LogP) is 12.5. The lowest BCUT2D eigenvalue weighted by molar-refractivity contribution is 0.754. The van der Waals surface area contributed by atoms with Gasteiger partial charge in [-0.3, -0.25) is 4.99 Å². The van der Waals surface area contributed by atoms with E-state index in [1.165, 1.54) is 11.1 Å². The van der Waals surface area contributed by atoms with E-state index in [1.54, 1.807) is 0 Å². The van der Waals surface area contributed by atoms with Crippen LogP contribution >= 0.6 is 0 Å². The highest BCUT2D eigenvalue weighted by molar-refractivity contribution is 6.09. The molecule has 1 unspecified atom stereocenters. The van der Waals surface area contributed by atoms with Crippen molar-refractivity contribution in [1.29, 1.82) is 0 Å². The van der Waals surface area contributed by atoms with E-state index in [9.17, 15) is 0 Å². The second kappa shape index (κ2) is 14.8. The maximum atomic E-state index is 5.34. The van der Waals surface area contributed by atoms with Crippen molar-refractivity contribution < 1.29 is 0 Å². The average molecular weight is 722 g/mol. The number of allylic oxidation sites excluding steroid dienone is 8. The summed E-state index contributed by atoms with van der Waals surface area (Å²) in [5.74, 6) is 2.41. The minimum absolute atomic E-state index is 0.122. The summed E-state index contributed by atoms with van der Waals surface area (Å²) in [7, 11) is 0. The van der Waals surface area contributed by atoms with E-state index in [4.69, 9.17) is 24.9 Å². The van der Waals surface area contributed by atoms with Gasteiger partial charge in [-0.2, -0.15) is 0 Å². The predicted molar refractivity (Wildman–Crippen MR) is 230 cm³/mol. The minimum atomic E-state index is 0.122. The molecule has 7 aromatic rings. The van der Waals surface area contributed by atoms with Gasteiger partial charge in [-0.25, -0.2) is 19.9 Å². The van der Waals surface area contributed by atoms with Gasteiger partial charge in [-0.15, -0.1) is 0 Å². The molecule has 2 aliphatic carbocycles. The van der Waals surface area contributed by atoms with Gasteiger partial charge in [0.2, 0.25) is 0 Å². The molecule has 0 N–H and O–H groups in total. The van der Waals surface area contributed by atoms with Crippen LogP contribution in [0.3, 0.4) is 0 Å². The molecular formula is C51H39N5. The summed E-state index contributed by atoms with van der Waals surface area (Å²) in [4.78, 5) is 25.8. The largest absolute Gasteiger partial charge is 0.250 e. The van der Waals surface area contributed by atoms with Crippen LogP contribution in [0, 0.1) is 0 Å². The molecular weight excluding hydrogens is 683 g/mol. The summed E-state index contributed by atoms with van der Waals surface area (Å²) in [6.45, 7) is 0. The minimum Gasteiger partial charge on any atom is -0.250 e. The molecule has 3 aliphatic rings. The summed E-state index contributed by atoms with van der Waals surface area (Å²) in [5.41, 5.74) is 14.0. The molecule has 0 amide bonds. The van der Waals surface area contributed by atoms with Gasteiger partial charge in [0.1, 0.15) is 5.82 Å². The highest BCUT2D eigenvalue weighted by atomic mass is 15.0. The molecule has 3 heterocycles. The van der Waals surface area contributed by atoms with Gasteiger partial charge in [-0.1, -0.05) is 152 Å². The fourth-order valence-corrected chi connectivity index (χ4v) is 8.02. The number of aromatic nitrogens is 4. The number of hydrogen-bond donors (Lipinski definition) is 0. The summed E-state index contributed by atoms with van der Waals surface area (Å²) < 4.78 is 0. The van der Waals surface area contributed by atoms with E-state index >= 15 is 0 Å². The van der Waals surface area contributed by atoms with Crippen molar-refractivity contribution in [3.63, 3.8) is 0 Å². The van der Waals surface area contributed by atoms with Gasteiger partial charge in [0.05, 0.1) is 16.9 Å². The second-order valence-electron chi connectivity index (χ2n) is 14.6. The first-order valence-electron chi connectivity index (χ1n) is 19.6. The van der Waals surface area contributed by atoms with Gasteiger partial charge < -0.3 is 0 Å². The lowest BCUT2D eigenvalue weighted by atomic mass is 9.91. The van der Waals surface area contributed by atoms with Crippen LogP contribution in [0.4, 0.5) is 5.69 Å². The van der Waals surface area contributed by atoms with Crippen molar-refractivity contribution in [2.24, 2.45) is 4.99 Å². The zero-order chi connectivity index (χ0) is 37.3. The van der Waals surface area contributed by atoms with E-state index < -0.39 is 0 Å². The Labute approximate surface area is 327 Å². The van der Waals surface area contributed by atoms with Gasteiger partial charge in [0.15, 0.2) is 11.6 Å². The molecule has 5 heteroatoms. The number of rotatable bonds is 7. The van der Waals surface area contributed by atoms with Crippen molar-refractivity contribution in [2.45, 2.75) is 38.0 Å². The lowest BCUT2D eigenvalue weighted by Gasteiger charge is -2.19. The smallest absolute Gasteiger partial charge is 0.163 e. The Balaban J connectivity index is 1.08. The van der Waals surface area contributed by atoms with Gasteiger partial charge >= 0.3 is 0 Å². The van der Waals surface area contributed by atoms with Crippen LogP contribution in [0.15, 0.2) is 175 Å². The number of aryl methyl sites for hydroxylation is 1. The third-order valence-electron chi connectivity index (χ3n) is 11.0. The van der Waals surface area contributed by atoms with Gasteiger partial charge in [-0.05, 0) is 89.3 Å². The Morgan fingerprint density at radius 3 is 2.02 bits per heavy atom. The maximum absolute atomic E-state index is 5.34. The standard InChI is InChI=1S/C51H39N5/c1-5-15-34(16-6-1)45-30-28-36-27-29-43-44(33-46(35-17-7-2-8-18-35)53-48(43)47(36)52-45)41-25-13-23-39(31-41)40-24-14-26-42(32-40)51-55-49(37-19-9-3-10-20-37)54-50(56-51)38-21-11-4-12-22-38/h1-11,13-19,21,23-27,29,31-33,37H,12,20,22,28,30H2. The van der Waals surface area contributed by atoms with Crippen LogP contribution in [-0.2, 0) is 6.42 Å². The van der Waals surface area contributed by atoms with Crippen molar-refractivity contribution in [3.8, 4) is 44.9 Å². The van der Waals surface area contributed by atoms with Crippen LogP contribution in [0.1, 0.15) is 54.4 Å². The molecule has 0 saturated carbocycles. The third kappa shape index (κ3) is 6.62. The molecule has 0 saturated heterocycles. The van der Waals surface area contributed by atoms with E-state index in [-0.39, 0.29) is 5.92 Å². The average Bonchev–Trinajstić information content (AvgIpc) is 3.29. The third-order valence-corrected chi connectivity index (χ3v) is 11.0. The zero-order valence-electron chi connectivity index (χ0n) is 31.0. The summed E-state index contributed by atoms with van der Waals surface area (Å²) in [5, 5.41) is 1.09. The highest BCUT2D eigenvalue weighted by Gasteiger charge is 2.21. The Morgan fingerprint density at radius 1 is 0.518 bits per heavy atom. The Hall–Kier alpha value is -6.85. The van der Waals surface area contributed by atoms with E-state index in [1.807, 2.05) is 0 Å². The van der Waals surface area contributed by atoms with E-state index in [0.29, 0.717) is 5.82 Å². The van der Waals surface area contributed by atoms with E-state index in [2.05, 4.69) is 170 Å². The molecule has 0 bridgehead atoms. The van der Waals surface area contributed by atoms with Crippen LogP contribution in [0.5, 0.6) is 0 Å². The summed E-state index contributed by atoms with van der Waals surface area (Å²) in [6.07, 6.45) is 19.6. The number of aliphatic imine (C=N–C) groups is 1. The fourth-order valence-electron chi connectivity index (χ4n) is 8.02. The van der Waals surface area contributed by atoms with Crippen molar-refractivity contribution >= 4 is 27.9 Å². The zero-order valence-corrected chi connectivity index (χ0v) is 31.0. The molecule has 10 rings (SSSR count). The molecule has 1 atom stereocenters. The first-order chi connectivity index (χ1) is 27.7. The number of hydrogen-bond acceptors (Lipinski definition) is 5. The first kappa shape index (κ1) is 33.7. The van der Waals surface area contributed by atoms with Crippen LogP contribution in [0.25, 0.3) is 61.4 Å². The van der Waals surface area contributed by atoms with Gasteiger partial charge in [0.25, 0.3) is 0 Å². The molecule has 0 radical (unpaired) electrons. The number of fused-ring (bicyclic) bond motifs is 3. The highest BCUT2D eigenvalue weighted by Crippen LogP contribution is 2.41. The monoisotopic (exact) mass is 721 g/mol. The topological polar surface area (TPSA) is 63.9 Å². The van der Waals surface area contributed by atoms with Crippen LogP contribution in [0.2, 0.25) is 0 Å². The number of pyridine rings is 1. The lowest BCUT2D eigenvalue weighted by Crippen LogP contribution is -2.09. The van der Waals surface area contributed by atoms with Gasteiger partial charge in [0, 0.05) is 28.1 Å². The van der Waals surface area contributed by atoms with Crippen molar-refractivity contribution in [3.05, 3.63) is 193 Å². The molecule has 268 valence electrons. The Kier molecular flexibility index (Phi) is 8.88. The Bertz CT molecular complexity index is 2770. The molecule has 56 heavy (non-hydrogen) atoms. The van der Waals surface area contributed by atoms with Crippen molar-refractivity contribution in [1.82, 2.24) is 19.9 Å². The SMILES string of the molecule is C1=CCCC(c2nc(-c3cccc(-c4cccc(-c5cc(-c6ccccc6)nc6c7c(ccc56)CCC(c5ccccc5)=N7)c4)c3)nc(C3C=CC=CC3)n2)=C1. The maximum Gasteiger partial charge on any atom is 0.163 e. The van der Waals surface area contributed by atoms with Crippen molar-refractivity contribution in [2.75, 3.05) is 0 Å². The first-order valence-corrected chi connectivity index (χ1v) is 19.6. The molecule has 0 spiro atoms. The summed E-state index contributed by atoms with van der Waals surface area (Å²) >= 11 is 0.